The Balaban J connectivity index is 2.38. The lowest BCUT2D eigenvalue weighted by Gasteiger charge is -1.97. The summed E-state index contributed by atoms with van der Waals surface area (Å²) in [4.78, 5) is 22.6. The van der Waals surface area contributed by atoms with Crippen molar-refractivity contribution in [2.45, 2.75) is 5.75 Å². The van der Waals surface area contributed by atoms with E-state index in [1.807, 2.05) is 0 Å². The molecule has 0 unspecified atom stereocenters. The lowest BCUT2D eigenvalue weighted by atomic mass is 10.4. The van der Waals surface area contributed by atoms with Gasteiger partial charge in [0.05, 0.1) is 12.9 Å². The van der Waals surface area contributed by atoms with E-state index in [0.717, 1.165) is 4.88 Å². The lowest BCUT2D eigenvalue weighted by molar-refractivity contribution is -0.137. The van der Waals surface area contributed by atoms with E-state index in [-0.39, 0.29) is 11.7 Å². The number of aromatic carboxylic acids is 1. The minimum Gasteiger partial charge on any atom is -0.477 e. The van der Waals surface area contributed by atoms with Gasteiger partial charge < -0.3 is 9.84 Å². The summed E-state index contributed by atoms with van der Waals surface area (Å²) in [6.45, 7) is 0. The highest BCUT2D eigenvalue weighted by molar-refractivity contribution is 7.99. The Morgan fingerprint density at radius 3 is 2.80 bits per heavy atom. The number of carboxylic acids is 1. The lowest BCUT2D eigenvalue weighted by Crippen LogP contribution is -2.02. The molecule has 1 heterocycles. The number of rotatable bonds is 5. The van der Waals surface area contributed by atoms with Crippen LogP contribution in [0.5, 0.6) is 0 Å². The molecule has 0 aliphatic heterocycles. The van der Waals surface area contributed by atoms with Crippen molar-refractivity contribution in [1.82, 2.24) is 0 Å². The van der Waals surface area contributed by atoms with Crippen LogP contribution in [0.4, 0.5) is 0 Å². The van der Waals surface area contributed by atoms with Crippen molar-refractivity contribution in [3.05, 3.63) is 21.9 Å². The van der Waals surface area contributed by atoms with Crippen molar-refractivity contribution in [2.75, 3.05) is 12.9 Å². The number of esters is 1. The number of thioether (sulfide) groups is 1. The average Bonchev–Trinajstić information content (AvgIpc) is 2.66. The molecule has 1 aromatic heterocycles. The first kappa shape index (κ1) is 12.1. The second kappa shape index (κ2) is 5.77. The topological polar surface area (TPSA) is 63.6 Å². The Labute approximate surface area is 95.3 Å². The first-order chi connectivity index (χ1) is 7.13. The van der Waals surface area contributed by atoms with E-state index in [1.165, 1.54) is 30.2 Å². The van der Waals surface area contributed by atoms with Gasteiger partial charge in [-0.15, -0.1) is 23.1 Å². The molecule has 0 atom stereocenters. The number of thiophene rings is 1. The number of ether oxygens (including phenoxy) is 1. The molecule has 1 rings (SSSR count). The first-order valence-corrected chi connectivity index (χ1v) is 6.07. The van der Waals surface area contributed by atoms with Crippen LogP contribution in [0.25, 0.3) is 0 Å². The van der Waals surface area contributed by atoms with Gasteiger partial charge in [-0.05, 0) is 12.1 Å². The highest BCUT2D eigenvalue weighted by atomic mass is 32.2. The van der Waals surface area contributed by atoms with Gasteiger partial charge in [0.15, 0.2) is 0 Å². The molecule has 1 N–H and O–H groups in total. The van der Waals surface area contributed by atoms with Crippen LogP contribution in [-0.4, -0.2) is 29.9 Å². The highest BCUT2D eigenvalue weighted by Gasteiger charge is 2.07. The number of carbonyl (C=O) groups is 2. The van der Waals surface area contributed by atoms with E-state index in [2.05, 4.69) is 4.74 Å². The van der Waals surface area contributed by atoms with Crippen LogP contribution in [-0.2, 0) is 15.3 Å². The molecule has 0 bridgehead atoms. The van der Waals surface area contributed by atoms with Crippen LogP contribution in [0.3, 0.4) is 0 Å². The van der Waals surface area contributed by atoms with Crippen LogP contribution in [0, 0.1) is 0 Å². The SMILES string of the molecule is COC(=O)CSCc1ccc(C(=O)O)s1. The minimum atomic E-state index is -0.913. The van der Waals surface area contributed by atoms with E-state index in [4.69, 9.17) is 5.11 Å². The fourth-order valence-corrected chi connectivity index (χ4v) is 2.68. The summed E-state index contributed by atoms with van der Waals surface area (Å²) in [5, 5.41) is 8.68. The molecule has 15 heavy (non-hydrogen) atoms. The van der Waals surface area contributed by atoms with Gasteiger partial charge in [-0.3, -0.25) is 4.79 Å². The standard InChI is InChI=1S/C9H10O4S2/c1-13-8(10)5-14-4-6-2-3-7(15-6)9(11)12/h2-3H,4-5H2,1H3,(H,11,12). The maximum absolute atomic E-state index is 10.8. The van der Waals surface area contributed by atoms with Gasteiger partial charge in [-0.1, -0.05) is 0 Å². The fourth-order valence-electron chi connectivity index (χ4n) is 0.864. The molecule has 6 heteroatoms. The first-order valence-electron chi connectivity index (χ1n) is 4.10. The van der Waals surface area contributed by atoms with E-state index in [9.17, 15) is 9.59 Å². The number of methoxy groups -OCH3 is 1. The van der Waals surface area contributed by atoms with Crippen LogP contribution >= 0.6 is 23.1 Å². The van der Waals surface area contributed by atoms with Gasteiger partial charge >= 0.3 is 11.9 Å². The fraction of sp³-hybridized carbons (Fsp3) is 0.333. The third-order valence-corrected chi connectivity index (χ3v) is 3.78. The summed E-state index contributed by atoms with van der Waals surface area (Å²) in [7, 11) is 1.34. The molecule has 0 fully saturated rings. The molecular formula is C9H10O4S2. The molecule has 0 saturated carbocycles. The molecule has 0 aromatic carbocycles. The summed E-state index contributed by atoms with van der Waals surface area (Å²) in [5.74, 6) is -0.261. The quantitative estimate of drug-likeness (QED) is 0.803. The highest BCUT2D eigenvalue weighted by Crippen LogP contribution is 2.21. The molecule has 0 aliphatic carbocycles. The molecule has 4 nitrogen and oxygen atoms in total. The zero-order valence-electron chi connectivity index (χ0n) is 8.06. The van der Waals surface area contributed by atoms with Crippen LogP contribution in [0.1, 0.15) is 14.5 Å². The van der Waals surface area contributed by atoms with E-state index in [0.29, 0.717) is 10.6 Å². The maximum atomic E-state index is 10.8. The minimum absolute atomic E-state index is 0.269. The van der Waals surface area contributed by atoms with Crippen molar-refractivity contribution in [2.24, 2.45) is 0 Å². The Bertz CT molecular complexity index is 359. The third kappa shape index (κ3) is 3.93. The average molecular weight is 246 g/mol. The molecule has 0 saturated heterocycles. The van der Waals surface area contributed by atoms with Crippen molar-refractivity contribution >= 4 is 35.0 Å². The van der Waals surface area contributed by atoms with Crippen molar-refractivity contribution in [1.29, 1.82) is 0 Å². The predicted octanol–water partition coefficient (Wildman–Crippen LogP) is 1.85. The summed E-state index contributed by atoms with van der Waals surface area (Å²) in [6.07, 6.45) is 0. The zero-order chi connectivity index (χ0) is 11.3. The summed E-state index contributed by atoms with van der Waals surface area (Å²) in [5.41, 5.74) is 0. The summed E-state index contributed by atoms with van der Waals surface area (Å²) in [6, 6.07) is 3.33. The largest absolute Gasteiger partial charge is 0.477 e. The summed E-state index contributed by atoms with van der Waals surface area (Å²) < 4.78 is 4.48. The summed E-state index contributed by atoms with van der Waals surface area (Å²) >= 11 is 2.63. The van der Waals surface area contributed by atoms with E-state index >= 15 is 0 Å². The van der Waals surface area contributed by atoms with Gasteiger partial charge in [0.2, 0.25) is 0 Å². The second-order valence-corrected chi connectivity index (χ2v) is 4.79. The van der Waals surface area contributed by atoms with E-state index in [1.54, 1.807) is 12.1 Å². The van der Waals surface area contributed by atoms with Crippen LogP contribution in [0.2, 0.25) is 0 Å². The Kier molecular flexibility index (Phi) is 4.64. The second-order valence-electron chi connectivity index (χ2n) is 2.64. The molecule has 1 aromatic rings. The number of hydrogen-bond acceptors (Lipinski definition) is 5. The van der Waals surface area contributed by atoms with Crippen molar-refractivity contribution in [3.63, 3.8) is 0 Å². The Morgan fingerprint density at radius 1 is 1.53 bits per heavy atom. The molecular weight excluding hydrogens is 236 g/mol. The van der Waals surface area contributed by atoms with Gasteiger partial charge in [0, 0.05) is 10.6 Å². The molecule has 0 amide bonds. The van der Waals surface area contributed by atoms with Crippen molar-refractivity contribution in [3.8, 4) is 0 Å². The van der Waals surface area contributed by atoms with Gasteiger partial charge in [-0.25, -0.2) is 4.79 Å². The van der Waals surface area contributed by atoms with Crippen LogP contribution < -0.4 is 0 Å². The van der Waals surface area contributed by atoms with Gasteiger partial charge in [0.1, 0.15) is 4.88 Å². The number of hydrogen-bond donors (Lipinski definition) is 1. The number of carboxylic acid groups (broad SMARTS) is 1. The van der Waals surface area contributed by atoms with Gasteiger partial charge in [0.25, 0.3) is 0 Å². The predicted molar refractivity (Wildman–Crippen MR) is 59.5 cm³/mol. The maximum Gasteiger partial charge on any atom is 0.345 e. The third-order valence-electron chi connectivity index (χ3n) is 1.56. The number of carbonyl (C=O) groups excluding carboxylic acids is 1. The van der Waals surface area contributed by atoms with E-state index < -0.39 is 5.97 Å². The Morgan fingerprint density at radius 2 is 2.27 bits per heavy atom. The molecule has 0 aliphatic rings. The molecule has 82 valence electrons. The molecule has 0 spiro atoms. The zero-order valence-corrected chi connectivity index (χ0v) is 9.69. The van der Waals surface area contributed by atoms with Crippen molar-refractivity contribution < 1.29 is 19.4 Å². The molecule has 0 radical (unpaired) electrons. The van der Waals surface area contributed by atoms with Gasteiger partial charge in [-0.2, -0.15) is 0 Å². The smallest absolute Gasteiger partial charge is 0.345 e. The Hall–Kier alpha value is -1.01. The van der Waals surface area contributed by atoms with Crippen LogP contribution in [0.15, 0.2) is 12.1 Å². The monoisotopic (exact) mass is 246 g/mol. The normalized spacial score (nSPS) is 9.93.